The van der Waals surface area contributed by atoms with Crippen LogP contribution in [0, 0.1) is 5.82 Å². The highest BCUT2D eigenvalue weighted by Gasteiger charge is 2.22. The Morgan fingerprint density at radius 2 is 1.67 bits per heavy atom. The summed E-state index contributed by atoms with van der Waals surface area (Å²) in [6.07, 6.45) is 3.10. The molecule has 3 aromatic rings. The molecule has 0 atom stereocenters. The van der Waals surface area contributed by atoms with E-state index >= 15 is 0 Å². The van der Waals surface area contributed by atoms with E-state index in [0.717, 1.165) is 5.56 Å². The molecule has 0 aliphatic heterocycles. The van der Waals surface area contributed by atoms with Gasteiger partial charge in [0.25, 0.3) is 0 Å². The Bertz CT molecular complexity index is 1050. The number of pyridine rings is 1. The number of rotatable bonds is 6. The summed E-state index contributed by atoms with van der Waals surface area (Å²) in [5.41, 5.74) is 1.98. The lowest BCUT2D eigenvalue weighted by Gasteiger charge is -2.12. The summed E-state index contributed by atoms with van der Waals surface area (Å²) in [6.45, 7) is 0. The van der Waals surface area contributed by atoms with E-state index in [4.69, 9.17) is 9.47 Å². The van der Waals surface area contributed by atoms with Crippen molar-refractivity contribution in [2.45, 2.75) is 10.6 Å². The highest BCUT2D eigenvalue weighted by atomic mass is 32.2. The first kappa shape index (κ1) is 18.8. The van der Waals surface area contributed by atoms with E-state index in [1.165, 1.54) is 38.6 Å². The summed E-state index contributed by atoms with van der Waals surface area (Å²) >= 11 is 0. The summed E-state index contributed by atoms with van der Waals surface area (Å²) in [7, 11) is -0.819. The van der Waals surface area contributed by atoms with Gasteiger partial charge in [0.05, 0.1) is 20.0 Å². The van der Waals surface area contributed by atoms with Gasteiger partial charge in [-0.2, -0.15) is 0 Å². The molecule has 27 heavy (non-hydrogen) atoms. The highest BCUT2D eigenvalue weighted by Crippen LogP contribution is 2.31. The predicted octanol–water partition coefficient (Wildman–Crippen LogP) is 3.88. The van der Waals surface area contributed by atoms with Crippen LogP contribution >= 0.6 is 0 Å². The van der Waals surface area contributed by atoms with Gasteiger partial charge >= 0.3 is 0 Å². The average Bonchev–Trinajstić information content (AvgIpc) is 2.68. The van der Waals surface area contributed by atoms with E-state index in [1.54, 1.807) is 36.5 Å². The fourth-order valence-corrected chi connectivity index (χ4v) is 4.20. The molecular formula is C20H18FNO4S. The van der Waals surface area contributed by atoms with Gasteiger partial charge < -0.3 is 9.47 Å². The van der Waals surface area contributed by atoms with Crippen LogP contribution in [0.3, 0.4) is 0 Å². The molecule has 1 aromatic heterocycles. The van der Waals surface area contributed by atoms with Crippen molar-refractivity contribution in [2.24, 2.45) is 0 Å². The summed E-state index contributed by atoms with van der Waals surface area (Å²) in [6, 6.07) is 12.3. The summed E-state index contributed by atoms with van der Waals surface area (Å²) in [5.74, 6) is 0.0834. The predicted molar refractivity (Wildman–Crippen MR) is 100 cm³/mol. The molecule has 140 valence electrons. The number of methoxy groups -OCH3 is 2. The van der Waals surface area contributed by atoms with Gasteiger partial charge in [-0.15, -0.1) is 0 Å². The van der Waals surface area contributed by atoms with Crippen molar-refractivity contribution in [3.05, 3.63) is 72.3 Å². The first-order valence-corrected chi connectivity index (χ1v) is 9.73. The third-order valence-corrected chi connectivity index (χ3v) is 5.74. The summed E-state index contributed by atoms with van der Waals surface area (Å²) < 4.78 is 49.3. The molecule has 0 aliphatic carbocycles. The second kappa shape index (κ2) is 7.75. The second-order valence-corrected chi connectivity index (χ2v) is 7.82. The second-order valence-electron chi connectivity index (χ2n) is 5.86. The minimum atomic E-state index is -3.70. The molecule has 0 saturated heterocycles. The molecule has 0 N–H and O–H groups in total. The minimum absolute atomic E-state index is 0.0523. The number of hydrogen-bond donors (Lipinski definition) is 0. The Labute approximate surface area is 157 Å². The van der Waals surface area contributed by atoms with Crippen molar-refractivity contribution in [1.29, 1.82) is 0 Å². The third kappa shape index (κ3) is 4.25. The Morgan fingerprint density at radius 3 is 2.33 bits per heavy atom. The van der Waals surface area contributed by atoms with Crippen molar-refractivity contribution in [1.82, 2.24) is 4.98 Å². The SMILES string of the molecule is COc1ccc(OC)c(S(=O)(=O)Cc2cncc(-c3ccc(F)cc3)c2)c1. The van der Waals surface area contributed by atoms with Gasteiger partial charge in [-0.1, -0.05) is 12.1 Å². The van der Waals surface area contributed by atoms with Crippen LogP contribution in [-0.2, 0) is 15.6 Å². The van der Waals surface area contributed by atoms with Gasteiger partial charge in [0.2, 0.25) is 0 Å². The maximum atomic E-state index is 13.1. The molecule has 5 nitrogen and oxygen atoms in total. The Kier molecular flexibility index (Phi) is 5.41. The smallest absolute Gasteiger partial charge is 0.186 e. The minimum Gasteiger partial charge on any atom is -0.497 e. The molecule has 0 spiro atoms. The Morgan fingerprint density at radius 1 is 0.926 bits per heavy atom. The molecule has 1 heterocycles. The number of ether oxygens (including phenoxy) is 2. The summed E-state index contributed by atoms with van der Waals surface area (Å²) in [4.78, 5) is 4.18. The molecule has 3 rings (SSSR count). The quantitative estimate of drug-likeness (QED) is 0.642. The van der Waals surface area contributed by atoms with Crippen molar-refractivity contribution in [3.8, 4) is 22.6 Å². The van der Waals surface area contributed by atoms with Gasteiger partial charge in [-0.05, 0) is 41.5 Å². The number of halogens is 1. The Hall–Kier alpha value is -2.93. The van der Waals surface area contributed by atoms with Crippen LogP contribution in [0.5, 0.6) is 11.5 Å². The molecule has 0 bridgehead atoms. The van der Waals surface area contributed by atoms with Gasteiger partial charge in [0, 0.05) is 24.0 Å². The highest BCUT2D eigenvalue weighted by molar-refractivity contribution is 7.90. The van der Waals surface area contributed by atoms with Crippen LogP contribution in [0.2, 0.25) is 0 Å². The number of aromatic nitrogens is 1. The summed E-state index contributed by atoms with van der Waals surface area (Å²) in [5, 5.41) is 0. The molecule has 0 radical (unpaired) electrons. The van der Waals surface area contributed by atoms with Gasteiger partial charge in [0.15, 0.2) is 9.84 Å². The van der Waals surface area contributed by atoms with Crippen molar-refractivity contribution in [3.63, 3.8) is 0 Å². The normalized spacial score (nSPS) is 11.2. The van der Waals surface area contributed by atoms with Crippen molar-refractivity contribution in [2.75, 3.05) is 14.2 Å². The fourth-order valence-electron chi connectivity index (χ4n) is 2.69. The molecule has 0 fully saturated rings. The van der Waals surface area contributed by atoms with E-state index in [0.29, 0.717) is 16.9 Å². The lowest BCUT2D eigenvalue weighted by Crippen LogP contribution is -2.07. The zero-order chi connectivity index (χ0) is 19.4. The standard InChI is InChI=1S/C20H18FNO4S/c1-25-18-7-8-19(26-2)20(10-18)27(23,24)13-14-9-16(12-22-11-14)15-3-5-17(21)6-4-15/h3-12H,13H2,1-2H3. The monoisotopic (exact) mass is 387 g/mol. The van der Waals surface area contributed by atoms with Crippen LogP contribution in [0.15, 0.2) is 65.8 Å². The average molecular weight is 387 g/mol. The largest absolute Gasteiger partial charge is 0.497 e. The Balaban J connectivity index is 1.95. The topological polar surface area (TPSA) is 65.5 Å². The van der Waals surface area contributed by atoms with E-state index in [9.17, 15) is 12.8 Å². The van der Waals surface area contributed by atoms with E-state index in [2.05, 4.69) is 4.98 Å². The van der Waals surface area contributed by atoms with Gasteiger partial charge in [0.1, 0.15) is 22.2 Å². The molecule has 0 aliphatic rings. The van der Waals surface area contributed by atoms with E-state index in [1.807, 2.05) is 0 Å². The molecule has 2 aromatic carbocycles. The molecule has 0 unspecified atom stereocenters. The lowest BCUT2D eigenvalue weighted by molar-refractivity contribution is 0.392. The van der Waals surface area contributed by atoms with Crippen LogP contribution in [-0.4, -0.2) is 27.6 Å². The third-order valence-electron chi connectivity index (χ3n) is 4.03. The van der Waals surface area contributed by atoms with Gasteiger partial charge in [-0.25, -0.2) is 12.8 Å². The first-order chi connectivity index (χ1) is 12.9. The van der Waals surface area contributed by atoms with Gasteiger partial charge in [-0.3, -0.25) is 4.98 Å². The van der Waals surface area contributed by atoms with Crippen molar-refractivity contribution < 1.29 is 22.3 Å². The first-order valence-electron chi connectivity index (χ1n) is 8.07. The molecule has 0 amide bonds. The van der Waals surface area contributed by atoms with Crippen LogP contribution in [0.4, 0.5) is 4.39 Å². The van der Waals surface area contributed by atoms with Crippen LogP contribution in [0.25, 0.3) is 11.1 Å². The maximum absolute atomic E-state index is 13.1. The van der Waals surface area contributed by atoms with Crippen LogP contribution in [0.1, 0.15) is 5.56 Å². The molecule has 7 heteroatoms. The molecule has 0 saturated carbocycles. The van der Waals surface area contributed by atoms with Crippen molar-refractivity contribution >= 4 is 9.84 Å². The zero-order valence-electron chi connectivity index (χ0n) is 14.8. The number of nitrogens with zero attached hydrogens (tertiary/aromatic N) is 1. The number of benzene rings is 2. The number of sulfone groups is 1. The lowest BCUT2D eigenvalue weighted by atomic mass is 10.1. The zero-order valence-corrected chi connectivity index (χ0v) is 15.7. The fraction of sp³-hybridized carbons (Fsp3) is 0.150. The maximum Gasteiger partial charge on any atom is 0.186 e. The number of hydrogen-bond acceptors (Lipinski definition) is 5. The van der Waals surface area contributed by atoms with Crippen LogP contribution < -0.4 is 9.47 Å². The van der Waals surface area contributed by atoms with E-state index in [-0.39, 0.29) is 22.2 Å². The van der Waals surface area contributed by atoms with E-state index < -0.39 is 9.84 Å². The molecular weight excluding hydrogens is 369 g/mol.